The van der Waals surface area contributed by atoms with Crippen molar-refractivity contribution in [2.75, 3.05) is 23.9 Å². The monoisotopic (exact) mass is 428 g/mol. The van der Waals surface area contributed by atoms with Gasteiger partial charge in [0.2, 0.25) is 0 Å². The van der Waals surface area contributed by atoms with E-state index in [4.69, 9.17) is 4.98 Å². The largest absolute Gasteiger partial charge is 0.391 e. The van der Waals surface area contributed by atoms with Crippen LogP contribution >= 0.6 is 11.3 Å². The zero-order chi connectivity index (χ0) is 20.5. The lowest BCUT2D eigenvalue weighted by Crippen LogP contribution is -2.47. The molecule has 7 nitrogen and oxygen atoms in total. The molecule has 9 heteroatoms. The fraction of sp³-hybridized carbons (Fsp3) is 0.476. The van der Waals surface area contributed by atoms with Crippen LogP contribution in [-0.2, 0) is 6.61 Å². The summed E-state index contributed by atoms with van der Waals surface area (Å²) < 4.78 is 12.9. The molecule has 0 amide bonds. The highest BCUT2D eigenvalue weighted by atomic mass is 32.1. The van der Waals surface area contributed by atoms with Crippen molar-refractivity contribution >= 4 is 39.0 Å². The van der Waals surface area contributed by atoms with Crippen LogP contribution in [0.15, 0.2) is 30.6 Å². The Bertz CT molecular complexity index is 1020. The molecule has 0 aromatic carbocycles. The molecule has 2 aliphatic heterocycles. The quantitative estimate of drug-likeness (QED) is 0.529. The van der Waals surface area contributed by atoms with Crippen LogP contribution in [0.2, 0.25) is 0 Å². The summed E-state index contributed by atoms with van der Waals surface area (Å²) >= 11 is 1.40. The molecular formula is C21H25FN6OS. The molecule has 0 saturated carbocycles. The lowest BCUT2D eigenvalue weighted by atomic mass is 9.97. The normalized spacial score (nSPS) is 23.7. The zero-order valence-corrected chi connectivity index (χ0v) is 17.4. The maximum atomic E-state index is 12.9. The van der Waals surface area contributed by atoms with Gasteiger partial charge in [-0.3, -0.25) is 9.88 Å². The van der Waals surface area contributed by atoms with E-state index < -0.39 is 0 Å². The molecule has 0 radical (unpaired) electrons. The van der Waals surface area contributed by atoms with Crippen LogP contribution in [0.1, 0.15) is 30.6 Å². The lowest BCUT2D eigenvalue weighted by molar-refractivity contribution is 0.123. The van der Waals surface area contributed by atoms with E-state index in [1.807, 2.05) is 18.2 Å². The maximum absolute atomic E-state index is 12.9. The Kier molecular flexibility index (Phi) is 5.49. The van der Waals surface area contributed by atoms with Crippen molar-refractivity contribution in [3.63, 3.8) is 0 Å². The summed E-state index contributed by atoms with van der Waals surface area (Å²) in [7, 11) is 0. The Hall–Kier alpha value is -2.36. The van der Waals surface area contributed by atoms with E-state index in [2.05, 4.69) is 25.5 Å². The van der Waals surface area contributed by atoms with E-state index in [1.54, 1.807) is 12.4 Å². The Labute approximate surface area is 178 Å². The standard InChI is InChI=1S/C21H25FN6OS/c22-5-7-28-14-3-4-15(28)9-13(8-14)25-20-17-2-1-6-23-18(17)10-19(26-20)27-21-24-11-16(12-29)30-21/h1-2,6,10-11,13-15,29H,3-5,7-9,12H2,(H2,24,25,26,27)/t13?,14-,15+. The molecule has 2 aliphatic rings. The average molecular weight is 429 g/mol. The van der Waals surface area contributed by atoms with Crippen molar-refractivity contribution in [2.45, 2.75) is 50.4 Å². The first-order valence-electron chi connectivity index (χ1n) is 10.4. The second-order valence-corrected chi connectivity index (χ2v) is 9.08. The van der Waals surface area contributed by atoms with Gasteiger partial charge in [0.1, 0.15) is 18.3 Å². The van der Waals surface area contributed by atoms with Crippen LogP contribution in [0.25, 0.3) is 10.9 Å². The third-order valence-electron chi connectivity index (χ3n) is 6.11. The number of aliphatic hydroxyl groups is 1. The number of rotatable bonds is 7. The van der Waals surface area contributed by atoms with Gasteiger partial charge in [-0.25, -0.2) is 14.4 Å². The summed E-state index contributed by atoms with van der Waals surface area (Å²) in [6, 6.07) is 7.08. The number of nitrogens with one attached hydrogen (secondary N) is 2. The minimum Gasteiger partial charge on any atom is -0.391 e. The predicted octanol–water partition coefficient (Wildman–Crippen LogP) is 3.70. The first-order chi connectivity index (χ1) is 14.7. The number of aliphatic hydroxyl groups excluding tert-OH is 1. The molecule has 2 bridgehead atoms. The Balaban J connectivity index is 1.39. The van der Waals surface area contributed by atoms with Crippen molar-refractivity contribution in [2.24, 2.45) is 0 Å². The van der Waals surface area contributed by atoms with Gasteiger partial charge in [-0.05, 0) is 37.8 Å². The molecule has 5 rings (SSSR count). The minimum absolute atomic E-state index is 0.0255. The molecule has 3 aromatic rings. The van der Waals surface area contributed by atoms with Crippen LogP contribution in [0, 0.1) is 0 Å². The SMILES string of the molecule is OCc1cnc(Nc2cc3ncccc3c(NC3C[C@H]4CC[C@@H](C3)N4CCF)n2)s1. The predicted molar refractivity (Wildman–Crippen MR) is 117 cm³/mol. The van der Waals surface area contributed by atoms with Crippen molar-refractivity contribution < 1.29 is 9.50 Å². The average Bonchev–Trinajstić information content (AvgIpc) is 3.29. The van der Waals surface area contributed by atoms with Crippen molar-refractivity contribution in [1.29, 1.82) is 0 Å². The van der Waals surface area contributed by atoms with Gasteiger partial charge < -0.3 is 15.7 Å². The summed E-state index contributed by atoms with van der Waals surface area (Å²) in [4.78, 5) is 16.8. The van der Waals surface area contributed by atoms with Gasteiger partial charge in [0, 0.05) is 48.5 Å². The highest BCUT2D eigenvalue weighted by molar-refractivity contribution is 7.15. The Morgan fingerprint density at radius 3 is 2.80 bits per heavy atom. The van der Waals surface area contributed by atoms with E-state index in [9.17, 15) is 9.50 Å². The van der Waals surface area contributed by atoms with Crippen LogP contribution in [0.3, 0.4) is 0 Å². The molecule has 3 N–H and O–H groups in total. The third kappa shape index (κ3) is 3.84. The minimum atomic E-state index is -0.272. The molecule has 2 saturated heterocycles. The van der Waals surface area contributed by atoms with Crippen molar-refractivity contribution in [3.05, 3.63) is 35.5 Å². The fourth-order valence-electron chi connectivity index (χ4n) is 4.85. The van der Waals surface area contributed by atoms with E-state index in [0.29, 0.717) is 35.6 Å². The Morgan fingerprint density at radius 2 is 2.07 bits per heavy atom. The summed E-state index contributed by atoms with van der Waals surface area (Å²) in [6.07, 6.45) is 7.74. The fourth-order valence-corrected chi connectivity index (χ4v) is 5.52. The maximum Gasteiger partial charge on any atom is 0.188 e. The molecule has 3 aromatic heterocycles. The molecule has 3 atom stereocenters. The van der Waals surface area contributed by atoms with Gasteiger partial charge >= 0.3 is 0 Å². The third-order valence-corrected chi connectivity index (χ3v) is 7.01. The van der Waals surface area contributed by atoms with E-state index in [1.165, 1.54) is 11.3 Å². The summed E-state index contributed by atoms with van der Waals surface area (Å²) in [5.74, 6) is 1.48. The number of piperidine rings is 1. The van der Waals surface area contributed by atoms with E-state index >= 15 is 0 Å². The smallest absolute Gasteiger partial charge is 0.188 e. The topological polar surface area (TPSA) is 86.2 Å². The molecule has 1 unspecified atom stereocenters. The van der Waals surface area contributed by atoms with E-state index in [0.717, 1.165) is 47.3 Å². The van der Waals surface area contributed by atoms with Gasteiger partial charge in [-0.1, -0.05) is 11.3 Å². The highest BCUT2D eigenvalue weighted by Gasteiger charge is 2.40. The molecule has 2 fully saturated rings. The van der Waals surface area contributed by atoms with Gasteiger partial charge in [0.05, 0.1) is 17.0 Å². The molecule has 5 heterocycles. The number of hydrogen-bond donors (Lipinski definition) is 3. The van der Waals surface area contributed by atoms with Crippen molar-refractivity contribution in [3.8, 4) is 0 Å². The molecule has 30 heavy (non-hydrogen) atoms. The number of pyridine rings is 2. The van der Waals surface area contributed by atoms with Gasteiger partial charge in [-0.15, -0.1) is 0 Å². The van der Waals surface area contributed by atoms with Crippen LogP contribution in [0.5, 0.6) is 0 Å². The number of thiazole rings is 1. The molecular weight excluding hydrogens is 403 g/mol. The number of anilines is 3. The van der Waals surface area contributed by atoms with Gasteiger partial charge in [0.15, 0.2) is 5.13 Å². The molecule has 158 valence electrons. The lowest BCUT2D eigenvalue weighted by Gasteiger charge is -2.39. The van der Waals surface area contributed by atoms with Crippen molar-refractivity contribution in [1.82, 2.24) is 19.9 Å². The second-order valence-electron chi connectivity index (χ2n) is 7.97. The summed E-state index contributed by atoms with van der Waals surface area (Å²) in [5, 5.41) is 17.8. The number of halogens is 1. The van der Waals surface area contributed by atoms with Gasteiger partial charge in [0.25, 0.3) is 0 Å². The van der Waals surface area contributed by atoms with E-state index in [-0.39, 0.29) is 13.3 Å². The van der Waals surface area contributed by atoms with Gasteiger partial charge in [-0.2, -0.15) is 0 Å². The zero-order valence-electron chi connectivity index (χ0n) is 16.6. The highest BCUT2D eigenvalue weighted by Crippen LogP contribution is 2.37. The number of alkyl halides is 1. The number of fused-ring (bicyclic) bond motifs is 3. The summed E-state index contributed by atoms with van der Waals surface area (Å²) in [6.45, 7) is 0.254. The first kappa shape index (κ1) is 19.6. The van der Waals surface area contributed by atoms with Crippen LogP contribution < -0.4 is 10.6 Å². The van der Waals surface area contributed by atoms with Crippen LogP contribution in [0.4, 0.5) is 21.2 Å². The number of hydrogen-bond acceptors (Lipinski definition) is 8. The summed E-state index contributed by atoms with van der Waals surface area (Å²) in [5.41, 5.74) is 0.856. The first-order valence-corrected chi connectivity index (χ1v) is 11.2. The second kappa shape index (κ2) is 8.41. The number of nitrogens with zero attached hydrogens (tertiary/aromatic N) is 4. The molecule has 0 spiro atoms. The van der Waals surface area contributed by atoms with Crippen LogP contribution in [-0.4, -0.2) is 56.3 Å². The Morgan fingerprint density at radius 1 is 1.23 bits per heavy atom. The molecule has 0 aliphatic carbocycles. The number of aromatic nitrogens is 3.